The molecule has 1 rings (SSSR count). The van der Waals surface area contributed by atoms with E-state index in [1.165, 1.54) is 6.92 Å². The molecule has 0 saturated carbocycles. The van der Waals surface area contributed by atoms with Crippen LogP contribution < -0.4 is 5.32 Å². The average molecular weight is 339 g/mol. The van der Waals surface area contributed by atoms with Crippen molar-refractivity contribution in [1.82, 2.24) is 0 Å². The molecule has 0 fully saturated rings. The molecular weight excluding hydrogens is 329 g/mol. The maximum atomic E-state index is 10.6. The van der Waals surface area contributed by atoms with E-state index in [0.29, 0.717) is 22.3 Å². The Balaban J connectivity index is 2.77. The van der Waals surface area contributed by atoms with Gasteiger partial charge in [0.1, 0.15) is 0 Å². The van der Waals surface area contributed by atoms with Crippen LogP contribution in [0.4, 0.5) is 5.69 Å². The highest BCUT2D eigenvalue weighted by Crippen LogP contribution is 2.33. The van der Waals surface area contributed by atoms with Crippen molar-refractivity contribution in [1.29, 1.82) is 0 Å². The molecule has 2 N–H and O–H groups in total. The van der Waals surface area contributed by atoms with Crippen LogP contribution in [0.1, 0.15) is 6.92 Å². The topological polar surface area (TPSA) is 49.3 Å². The van der Waals surface area contributed by atoms with Gasteiger partial charge in [-0.25, -0.2) is 4.79 Å². The third kappa shape index (κ3) is 4.22. The Morgan fingerprint density at radius 1 is 1.47 bits per heavy atom. The first kappa shape index (κ1) is 14.4. The molecule has 0 radical (unpaired) electrons. The minimum Gasteiger partial charge on any atom is -0.478 e. The van der Waals surface area contributed by atoms with E-state index in [0.717, 1.165) is 4.47 Å². The summed E-state index contributed by atoms with van der Waals surface area (Å²) in [5, 5.41) is 12.6. The fraction of sp³-hybridized carbons (Fsp3) is 0.182. The van der Waals surface area contributed by atoms with Crippen molar-refractivity contribution < 1.29 is 9.90 Å². The molecule has 0 bridgehead atoms. The summed E-state index contributed by atoms with van der Waals surface area (Å²) in [6, 6.07) is 3.42. The third-order valence-electron chi connectivity index (χ3n) is 2.03. The van der Waals surface area contributed by atoms with Gasteiger partial charge >= 0.3 is 5.97 Å². The largest absolute Gasteiger partial charge is 0.478 e. The van der Waals surface area contributed by atoms with Crippen molar-refractivity contribution in [2.24, 2.45) is 0 Å². The number of hydrogen-bond donors (Lipinski definition) is 2. The van der Waals surface area contributed by atoms with Crippen LogP contribution in [-0.2, 0) is 4.79 Å². The molecule has 0 spiro atoms. The van der Waals surface area contributed by atoms with Crippen molar-refractivity contribution >= 4 is 50.8 Å². The molecule has 3 nitrogen and oxygen atoms in total. The van der Waals surface area contributed by atoms with E-state index >= 15 is 0 Å². The second-order valence-corrected chi connectivity index (χ2v) is 5.05. The summed E-state index contributed by atoms with van der Waals surface area (Å²) in [5.74, 6) is -0.945. The summed E-state index contributed by atoms with van der Waals surface area (Å²) in [7, 11) is 0. The van der Waals surface area contributed by atoms with Crippen LogP contribution in [0.15, 0.2) is 28.3 Å². The van der Waals surface area contributed by atoms with Gasteiger partial charge in [0, 0.05) is 16.6 Å². The lowest BCUT2D eigenvalue weighted by Crippen LogP contribution is -2.03. The van der Waals surface area contributed by atoms with Gasteiger partial charge < -0.3 is 10.4 Å². The molecule has 0 aliphatic carbocycles. The highest BCUT2D eigenvalue weighted by molar-refractivity contribution is 9.10. The number of carbonyl (C=O) groups is 1. The Hall–Kier alpha value is -0.710. The molecule has 0 atom stereocenters. The summed E-state index contributed by atoms with van der Waals surface area (Å²) in [5.41, 5.74) is 0.854. The highest BCUT2D eigenvalue weighted by Gasteiger charge is 2.06. The van der Waals surface area contributed by atoms with Gasteiger partial charge in [-0.15, -0.1) is 0 Å². The van der Waals surface area contributed by atoms with Gasteiger partial charge in [0.25, 0.3) is 0 Å². The first-order valence-electron chi connectivity index (χ1n) is 4.70. The van der Waals surface area contributed by atoms with Crippen LogP contribution in [0.3, 0.4) is 0 Å². The van der Waals surface area contributed by atoms with E-state index in [2.05, 4.69) is 21.2 Å². The first-order valence-corrected chi connectivity index (χ1v) is 6.25. The molecule has 0 aromatic heterocycles. The number of benzene rings is 1. The normalized spacial score (nSPS) is 11.4. The molecule has 0 aliphatic rings. The Kier molecular flexibility index (Phi) is 5.31. The van der Waals surface area contributed by atoms with Crippen LogP contribution in [0.5, 0.6) is 0 Å². The van der Waals surface area contributed by atoms with Crippen LogP contribution >= 0.6 is 39.1 Å². The third-order valence-corrected chi connectivity index (χ3v) is 3.09. The quantitative estimate of drug-likeness (QED) is 0.809. The van der Waals surface area contributed by atoms with Gasteiger partial charge in [-0.1, -0.05) is 45.2 Å². The predicted molar refractivity (Wildman–Crippen MR) is 74.0 cm³/mol. The van der Waals surface area contributed by atoms with Gasteiger partial charge in [0.2, 0.25) is 0 Å². The number of carboxylic acids is 1. The molecule has 0 aliphatic heterocycles. The summed E-state index contributed by atoms with van der Waals surface area (Å²) < 4.78 is 0.787. The molecule has 0 saturated heterocycles. The van der Waals surface area contributed by atoms with Gasteiger partial charge in [0.15, 0.2) is 0 Å². The molecule has 0 heterocycles. The molecule has 0 amide bonds. The van der Waals surface area contributed by atoms with Gasteiger partial charge in [0.05, 0.1) is 15.7 Å². The Labute approximate surface area is 118 Å². The lowest BCUT2D eigenvalue weighted by atomic mass is 10.2. The fourth-order valence-corrected chi connectivity index (χ4v) is 2.45. The number of nitrogens with one attached hydrogen (secondary N) is 1. The van der Waals surface area contributed by atoms with Crippen LogP contribution in [0, 0.1) is 0 Å². The number of anilines is 1. The molecule has 1 aromatic carbocycles. The zero-order valence-corrected chi connectivity index (χ0v) is 12.0. The maximum absolute atomic E-state index is 10.6. The summed E-state index contributed by atoms with van der Waals surface area (Å²) >= 11 is 15.3. The van der Waals surface area contributed by atoms with Crippen LogP contribution in [0.25, 0.3) is 0 Å². The predicted octanol–water partition coefficient (Wildman–Crippen LogP) is 4.20. The zero-order valence-electron chi connectivity index (χ0n) is 8.93. The summed E-state index contributed by atoms with van der Waals surface area (Å²) in [4.78, 5) is 10.6. The molecule has 17 heavy (non-hydrogen) atoms. The van der Waals surface area contributed by atoms with E-state index in [4.69, 9.17) is 28.3 Å². The smallest absolute Gasteiger partial charge is 0.331 e. The molecule has 92 valence electrons. The van der Waals surface area contributed by atoms with Crippen molar-refractivity contribution in [2.75, 3.05) is 11.9 Å². The minimum absolute atomic E-state index is 0.266. The lowest BCUT2D eigenvalue weighted by Gasteiger charge is -2.09. The Morgan fingerprint density at radius 2 is 2.00 bits per heavy atom. The Bertz CT molecular complexity index is 452. The van der Waals surface area contributed by atoms with Crippen LogP contribution in [-0.4, -0.2) is 17.6 Å². The monoisotopic (exact) mass is 337 g/mol. The van der Waals surface area contributed by atoms with Crippen molar-refractivity contribution in [3.63, 3.8) is 0 Å². The highest BCUT2D eigenvalue weighted by atomic mass is 79.9. The summed E-state index contributed by atoms with van der Waals surface area (Å²) in [6.45, 7) is 1.87. The van der Waals surface area contributed by atoms with Gasteiger partial charge in [-0.05, 0) is 19.1 Å². The van der Waals surface area contributed by atoms with Crippen molar-refractivity contribution in [2.45, 2.75) is 6.92 Å². The average Bonchev–Trinajstić information content (AvgIpc) is 2.21. The van der Waals surface area contributed by atoms with E-state index in [1.54, 1.807) is 18.2 Å². The van der Waals surface area contributed by atoms with Crippen LogP contribution in [0.2, 0.25) is 10.0 Å². The first-order chi connectivity index (χ1) is 7.91. The molecule has 0 unspecified atom stereocenters. The number of hydrogen-bond acceptors (Lipinski definition) is 2. The standard InChI is InChI=1S/C11H10BrCl2NO2/c1-6(11(16)17)2-3-15-10-8(13)4-7(12)5-9(10)14/h2,4-5,15H,3H2,1H3,(H,16,17). The summed E-state index contributed by atoms with van der Waals surface area (Å²) in [6.07, 6.45) is 1.55. The van der Waals surface area contributed by atoms with E-state index in [1.807, 2.05) is 0 Å². The van der Waals surface area contributed by atoms with E-state index < -0.39 is 5.97 Å². The van der Waals surface area contributed by atoms with Crippen molar-refractivity contribution in [3.8, 4) is 0 Å². The number of halogens is 3. The second kappa shape index (κ2) is 6.28. The minimum atomic E-state index is -0.945. The second-order valence-electron chi connectivity index (χ2n) is 3.32. The van der Waals surface area contributed by atoms with E-state index in [9.17, 15) is 4.79 Å². The molecule has 6 heteroatoms. The zero-order chi connectivity index (χ0) is 13.0. The fourth-order valence-electron chi connectivity index (χ4n) is 1.10. The molecule has 1 aromatic rings. The van der Waals surface area contributed by atoms with E-state index in [-0.39, 0.29) is 5.57 Å². The molecular formula is C11H10BrCl2NO2. The Morgan fingerprint density at radius 3 is 2.47 bits per heavy atom. The number of rotatable bonds is 4. The lowest BCUT2D eigenvalue weighted by molar-refractivity contribution is -0.132. The van der Waals surface area contributed by atoms with Gasteiger partial charge in [-0.3, -0.25) is 0 Å². The number of aliphatic carboxylic acids is 1. The SMILES string of the molecule is CC(=CCNc1c(Cl)cc(Br)cc1Cl)C(=O)O. The number of carboxylic acid groups (broad SMARTS) is 1. The van der Waals surface area contributed by atoms with Crippen molar-refractivity contribution in [3.05, 3.63) is 38.3 Å². The maximum Gasteiger partial charge on any atom is 0.331 e. The van der Waals surface area contributed by atoms with Gasteiger partial charge in [-0.2, -0.15) is 0 Å².